The first kappa shape index (κ1) is 18.0. The number of allylic oxidation sites excluding steroid dienone is 4. The number of carbonyl (C=O) groups is 1. The predicted molar refractivity (Wildman–Crippen MR) is 121 cm³/mol. The van der Waals surface area contributed by atoms with Gasteiger partial charge in [0, 0.05) is 21.1 Å². The fourth-order valence-electron chi connectivity index (χ4n) is 3.96. The number of aryl methyl sites for hydroxylation is 1. The number of nitrogens with zero attached hydrogens (tertiary/aromatic N) is 1. The first-order valence-electron chi connectivity index (χ1n) is 9.93. The molecule has 0 bridgehead atoms. The number of para-hydroxylation sites is 1. The number of hydrogen-bond donors (Lipinski definition) is 1. The van der Waals surface area contributed by atoms with Crippen molar-refractivity contribution in [2.45, 2.75) is 25.9 Å². The van der Waals surface area contributed by atoms with E-state index in [0.29, 0.717) is 5.56 Å². The van der Waals surface area contributed by atoms with E-state index in [0.717, 1.165) is 29.1 Å². The molecule has 144 valence electrons. The van der Waals surface area contributed by atoms with Gasteiger partial charge in [0.15, 0.2) is 0 Å². The number of carbonyl (C=O) groups excluding carboxylic acids is 1. The van der Waals surface area contributed by atoms with Crippen LogP contribution in [0.2, 0.25) is 0 Å². The highest BCUT2D eigenvalue weighted by molar-refractivity contribution is 7.12. The van der Waals surface area contributed by atoms with Gasteiger partial charge < -0.3 is 5.32 Å². The molecule has 1 aliphatic heterocycles. The smallest absolute Gasteiger partial charge is 0.262 e. The number of benzene rings is 2. The largest absolute Gasteiger partial charge is 0.360 e. The van der Waals surface area contributed by atoms with Crippen LogP contribution in [0, 0.1) is 6.92 Å². The molecule has 2 aromatic carbocycles. The summed E-state index contributed by atoms with van der Waals surface area (Å²) in [5.41, 5.74) is 4.93. The molecule has 4 heteroatoms. The molecule has 1 amide bonds. The minimum absolute atomic E-state index is 0.0277. The van der Waals surface area contributed by atoms with Crippen molar-refractivity contribution >= 4 is 34.2 Å². The lowest BCUT2D eigenvalue weighted by Crippen LogP contribution is -2.42. The lowest BCUT2D eigenvalue weighted by Gasteiger charge is -2.37. The minimum Gasteiger partial charge on any atom is -0.360 e. The first-order chi connectivity index (χ1) is 14.2. The summed E-state index contributed by atoms with van der Waals surface area (Å²) in [6.07, 6.45) is 8.65. The zero-order valence-corrected chi connectivity index (χ0v) is 17.1. The monoisotopic (exact) mass is 398 g/mol. The normalized spacial score (nSPS) is 18.2. The molecule has 29 heavy (non-hydrogen) atoms. The average Bonchev–Trinajstić information content (AvgIpc) is 3.21. The van der Waals surface area contributed by atoms with Crippen LogP contribution in [0.3, 0.4) is 0 Å². The number of hydrogen-bond acceptors (Lipinski definition) is 3. The van der Waals surface area contributed by atoms with Gasteiger partial charge in [-0.15, -0.1) is 11.3 Å². The summed E-state index contributed by atoms with van der Waals surface area (Å²) in [7, 11) is 0. The molecule has 0 saturated carbocycles. The first-order valence-corrected chi connectivity index (χ1v) is 10.7. The third-order valence-electron chi connectivity index (χ3n) is 5.43. The number of rotatable bonds is 3. The Bertz CT molecular complexity index is 1120. The highest BCUT2D eigenvalue weighted by Gasteiger charge is 2.34. The van der Waals surface area contributed by atoms with Gasteiger partial charge in [-0.3, -0.25) is 9.69 Å². The molecule has 0 saturated heterocycles. The second-order valence-corrected chi connectivity index (χ2v) is 8.72. The highest BCUT2D eigenvalue weighted by Crippen LogP contribution is 2.39. The summed E-state index contributed by atoms with van der Waals surface area (Å²) in [5.74, 6) is 0.0277. The summed E-state index contributed by atoms with van der Waals surface area (Å²) < 4.78 is 0. The molecule has 1 atom stereocenters. The van der Waals surface area contributed by atoms with Gasteiger partial charge in [-0.2, -0.15) is 0 Å². The van der Waals surface area contributed by atoms with E-state index in [1.165, 1.54) is 16.0 Å². The summed E-state index contributed by atoms with van der Waals surface area (Å²) in [4.78, 5) is 17.7. The summed E-state index contributed by atoms with van der Waals surface area (Å²) in [6.45, 7) is 2.09. The van der Waals surface area contributed by atoms with Crippen molar-refractivity contribution in [3.8, 4) is 0 Å². The van der Waals surface area contributed by atoms with Crippen LogP contribution in [0.25, 0.3) is 5.57 Å². The van der Waals surface area contributed by atoms with Gasteiger partial charge in [-0.1, -0.05) is 42.5 Å². The van der Waals surface area contributed by atoms with E-state index < -0.39 is 0 Å². The molecule has 1 unspecified atom stereocenters. The third-order valence-corrected chi connectivity index (χ3v) is 6.48. The van der Waals surface area contributed by atoms with Gasteiger partial charge in [-0.05, 0) is 67.3 Å². The summed E-state index contributed by atoms with van der Waals surface area (Å²) in [5, 5.41) is 3.58. The number of fused-ring (bicyclic) bond motifs is 1. The summed E-state index contributed by atoms with van der Waals surface area (Å²) >= 11 is 1.72. The van der Waals surface area contributed by atoms with Crippen molar-refractivity contribution < 1.29 is 4.79 Å². The Balaban J connectivity index is 1.56. The van der Waals surface area contributed by atoms with Crippen LogP contribution in [0.5, 0.6) is 0 Å². The Morgan fingerprint density at radius 3 is 2.55 bits per heavy atom. The molecule has 2 heterocycles. The van der Waals surface area contributed by atoms with E-state index >= 15 is 0 Å². The van der Waals surface area contributed by atoms with E-state index in [-0.39, 0.29) is 12.1 Å². The van der Waals surface area contributed by atoms with Crippen LogP contribution in [-0.4, -0.2) is 5.91 Å². The quantitative estimate of drug-likeness (QED) is 0.542. The van der Waals surface area contributed by atoms with Crippen molar-refractivity contribution in [3.05, 3.63) is 99.8 Å². The lowest BCUT2D eigenvalue weighted by molar-refractivity contribution is 0.0975. The van der Waals surface area contributed by atoms with Crippen molar-refractivity contribution in [3.63, 3.8) is 0 Å². The fourth-order valence-corrected chi connectivity index (χ4v) is 4.88. The number of thiophene rings is 1. The Labute approximate surface area is 175 Å². The van der Waals surface area contributed by atoms with Crippen molar-refractivity contribution in [1.29, 1.82) is 0 Å². The maximum absolute atomic E-state index is 13.5. The van der Waals surface area contributed by atoms with Gasteiger partial charge in [-0.25, -0.2) is 0 Å². The Hall–Kier alpha value is -3.11. The molecule has 3 aromatic rings. The van der Waals surface area contributed by atoms with Gasteiger partial charge in [0.1, 0.15) is 6.17 Å². The van der Waals surface area contributed by atoms with Crippen LogP contribution in [0.15, 0.2) is 78.9 Å². The number of amides is 1. The highest BCUT2D eigenvalue weighted by atomic mass is 32.1. The van der Waals surface area contributed by atoms with Crippen LogP contribution in [0.4, 0.5) is 11.4 Å². The van der Waals surface area contributed by atoms with Crippen molar-refractivity contribution in [2.75, 3.05) is 10.2 Å². The second kappa shape index (κ2) is 7.37. The number of anilines is 2. The minimum atomic E-state index is -0.212. The second-order valence-electron chi connectivity index (χ2n) is 7.40. The maximum atomic E-state index is 13.5. The van der Waals surface area contributed by atoms with Gasteiger partial charge in [0.2, 0.25) is 0 Å². The molecule has 0 fully saturated rings. The molecular weight excluding hydrogens is 376 g/mol. The molecular formula is C25H22N2OS. The van der Waals surface area contributed by atoms with Gasteiger partial charge in [0.05, 0.1) is 5.56 Å². The van der Waals surface area contributed by atoms with Crippen LogP contribution >= 0.6 is 11.3 Å². The lowest BCUT2D eigenvalue weighted by atomic mass is 9.99. The van der Waals surface area contributed by atoms with Gasteiger partial charge >= 0.3 is 0 Å². The SMILES string of the molecule is Cc1ccc(C2Nc3ccccc3C(=O)N2c2ccc(C3=CCCC=C3)cc2)s1. The van der Waals surface area contributed by atoms with Crippen molar-refractivity contribution in [1.82, 2.24) is 0 Å². The fraction of sp³-hybridized carbons (Fsp3) is 0.160. The zero-order chi connectivity index (χ0) is 19.8. The van der Waals surface area contributed by atoms with E-state index in [1.54, 1.807) is 11.3 Å². The molecule has 1 N–H and O–H groups in total. The third kappa shape index (κ3) is 3.30. The number of nitrogens with one attached hydrogen (secondary N) is 1. The summed E-state index contributed by atoms with van der Waals surface area (Å²) in [6, 6.07) is 20.3. The van der Waals surface area contributed by atoms with Crippen LogP contribution < -0.4 is 10.2 Å². The Kier molecular flexibility index (Phi) is 4.57. The van der Waals surface area contributed by atoms with E-state index in [4.69, 9.17) is 0 Å². The average molecular weight is 399 g/mol. The van der Waals surface area contributed by atoms with Crippen LogP contribution in [-0.2, 0) is 0 Å². The topological polar surface area (TPSA) is 32.3 Å². The van der Waals surface area contributed by atoms with Crippen LogP contribution in [0.1, 0.15) is 44.7 Å². The molecule has 2 aliphatic rings. The molecule has 5 rings (SSSR count). The van der Waals surface area contributed by atoms with E-state index in [1.807, 2.05) is 29.2 Å². The zero-order valence-electron chi connectivity index (χ0n) is 16.3. The predicted octanol–water partition coefficient (Wildman–Crippen LogP) is 6.56. The maximum Gasteiger partial charge on any atom is 0.262 e. The molecule has 1 aliphatic carbocycles. The van der Waals surface area contributed by atoms with E-state index in [2.05, 4.69) is 66.9 Å². The van der Waals surface area contributed by atoms with Gasteiger partial charge in [0.25, 0.3) is 5.91 Å². The Morgan fingerprint density at radius 2 is 1.83 bits per heavy atom. The Morgan fingerprint density at radius 1 is 1.00 bits per heavy atom. The molecule has 3 nitrogen and oxygen atoms in total. The molecule has 1 aromatic heterocycles. The standard InChI is InChI=1S/C25H22N2OS/c1-17-11-16-23(29-17)24-26-22-10-6-5-9-21(22)25(28)27(24)20-14-12-19(13-15-20)18-7-3-2-4-8-18/h3,5-16,24,26H,2,4H2,1H3. The molecule has 0 spiro atoms. The van der Waals surface area contributed by atoms with Crippen molar-refractivity contribution in [2.24, 2.45) is 0 Å². The van der Waals surface area contributed by atoms with E-state index in [9.17, 15) is 4.79 Å². The molecule has 0 radical (unpaired) electrons.